The van der Waals surface area contributed by atoms with E-state index < -0.39 is 0 Å². The number of nitrogens with one attached hydrogen (secondary N) is 1. The van der Waals surface area contributed by atoms with E-state index >= 15 is 0 Å². The molecule has 3 fully saturated rings. The summed E-state index contributed by atoms with van der Waals surface area (Å²) in [5.74, 6) is 2.10. The smallest absolute Gasteiger partial charge is 0.0252 e. The minimum Gasteiger partial charge on any atom is -0.309 e. The van der Waals surface area contributed by atoms with Crippen molar-refractivity contribution in [2.75, 3.05) is 19.6 Å². The number of nitrogens with zero attached hydrogens (tertiary/aromatic N) is 1. The summed E-state index contributed by atoms with van der Waals surface area (Å²) in [5, 5.41) is 3.72. The van der Waals surface area contributed by atoms with Crippen LogP contribution in [-0.2, 0) is 0 Å². The first kappa shape index (κ1) is 11.0. The summed E-state index contributed by atoms with van der Waals surface area (Å²) in [7, 11) is 0. The number of piperazine rings is 1. The van der Waals surface area contributed by atoms with Gasteiger partial charge in [0.05, 0.1) is 0 Å². The Bertz CT molecular complexity index is 253. The molecule has 0 aromatic heterocycles. The quantitative estimate of drug-likeness (QED) is 0.785. The predicted molar refractivity (Wildman–Crippen MR) is 67.5 cm³/mol. The highest BCUT2D eigenvalue weighted by Crippen LogP contribution is 2.38. The van der Waals surface area contributed by atoms with E-state index in [-0.39, 0.29) is 0 Å². The van der Waals surface area contributed by atoms with Gasteiger partial charge in [-0.3, -0.25) is 4.90 Å². The van der Waals surface area contributed by atoms with Crippen molar-refractivity contribution in [2.24, 2.45) is 11.8 Å². The summed E-state index contributed by atoms with van der Waals surface area (Å²) in [5.41, 5.74) is 0.328. The van der Waals surface area contributed by atoms with Crippen LogP contribution in [0.5, 0.6) is 0 Å². The minimum atomic E-state index is 0.328. The molecule has 0 aromatic rings. The van der Waals surface area contributed by atoms with Gasteiger partial charge in [-0.1, -0.05) is 12.8 Å². The van der Waals surface area contributed by atoms with E-state index in [0.29, 0.717) is 5.54 Å². The van der Waals surface area contributed by atoms with Crippen LogP contribution in [0.4, 0.5) is 0 Å². The Morgan fingerprint density at radius 1 is 1.19 bits per heavy atom. The summed E-state index contributed by atoms with van der Waals surface area (Å²) in [4.78, 5) is 2.80. The summed E-state index contributed by atoms with van der Waals surface area (Å²) in [6.45, 7) is 8.53. The Morgan fingerprint density at radius 2 is 1.94 bits per heavy atom. The summed E-state index contributed by atoms with van der Waals surface area (Å²) in [6.07, 6.45) is 7.42. The topological polar surface area (TPSA) is 15.3 Å². The molecule has 1 atom stereocenters. The second kappa shape index (κ2) is 3.99. The van der Waals surface area contributed by atoms with Gasteiger partial charge in [-0.25, -0.2) is 0 Å². The van der Waals surface area contributed by atoms with Crippen molar-refractivity contribution >= 4 is 0 Å². The normalized spacial score (nSPS) is 35.2. The largest absolute Gasteiger partial charge is 0.309 e. The monoisotopic (exact) mass is 222 g/mol. The molecule has 1 heterocycles. The van der Waals surface area contributed by atoms with Crippen molar-refractivity contribution < 1.29 is 0 Å². The molecule has 1 aliphatic heterocycles. The fraction of sp³-hybridized carbons (Fsp3) is 1.00. The van der Waals surface area contributed by atoms with Crippen LogP contribution in [0, 0.1) is 11.8 Å². The van der Waals surface area contributed by atoms with E-state index in [0.717, 1.165) is 17.9 Å². The molecule has 0 amide bonds. The van der Waals surface area contributed by atoms with E-state index in [1.54, 1.807) is 0 Å². The van der Waals surface area contributed by atoms with E-state index in [4.69, 9.17) is 0 Å². The van der Waals surface area contributed by atoms with Crippen molar-refractivity contribution in [3.05, 3.63) is 0 Å². The van der Waals surface area contributed by atoms with E-state index in [9.17, 15) is 0 Å². The number of rotatable bonds is 4. The number of hydrogen-bond donors (Lipinski definition) is 1. The van der Waals surface area contributed by atoms with Gasteiger partial charge in [0.1, 0.15) is 0 Å². The van der Waals surface area contributed by atoms with Crippen LogP contribution < -0.4 is 5.32 Å². The Balaban J connectivity index is 1.58. The fourth-order valence-corrected chi connectivity index (χ4v) is 3.14. The maximum atomic E-state index is 3.72. The predicted octanol–water partition coefficient (Wildman–Crippen LogP) is 2.25. The van der Waals surface area contributed by atoms with Crippen molar-refractivity contribution in [3.63, 3.8) is 0 Å². The van der Waals surface area contributed by atoms with Crippen LogP contribution in [-0.4, -0.2) is 36.1 Å². The van der Waals surface area contributed by atoms with Crippen LogP contribution in [0.1, 0.15) is 46.0 Å². The Morgan fingerprint density at radius 3 is 2.56 bits per heavy atom. The molecule has 2 heteroatoms. The van der Waals surface area contributed by atoms with Crippen molar-refractivity contribution in [3.8, 4) is 0 Å². The lowest BCUT2D eigenvalue weighted by molar-refractivity contribution is 0.0803. The molecule has 0 radical (unpaired) electrons. The molecule has 1 saturated heterocycles. The third kappa shape index (κ3) is 2.60. The van der Waals surface area contributed by atoms with Gasteiger partial charge in [0, 0.05) is 24.7 Å². The van der Waals surface area contributed by atoms with Gasteiger partial charge in [0.15, 0.2) is 0 Å². The molecule has 0 aromatic carbocycles. The van der Waals surface area contributed by atoms with Gasteiger partial charge in [0.2, 0.25) is 0 Å². The van der Waals surface area contributed by atoms with E-state index in [2.05, 4.69) is 24.1 Å². The third-order valence-electron chi connectivity index (χ3n) is 4.54. The molecule has 92 valence electrons. The fourth-order valence-electron chi connectivity index (χ4n) is 3.14. The Hall–Kier alpha value is -0.0800. The first-order valence-electron chi connectivity index (χ1n) is 7.13. The molecule has 2 saturated carbocycles. The standard InChI is InChI=1S/C14H26N2/c1-14(2)10-16(8-7-11-3-4-11)13(9-15-14)12-5-6-12/h11-13,15H,3-10H2,1-2H3. The summed E-state index contributed by atoms with van der Waals surface area (Å²) >= 11 is 0. The van der Waals surface area contributed by atoms with Gasteiger partial charge < -0.3 is 5.32 Å². The molecule has 0 spiro atoms. The second-order valence-electron chi connectivity index (χ2n) is 6.87. The molecule has 3 aliphatic rings. The summed E-state index contributed by atoms with van der Waals surface area (Å²) < 4.78 is 0. The molecule has 1 N–H and O–H groups in total. The van der Waals surface area contributed by atoms with Crippen LogP contribution in [0.15, 0.2) is 0 Å². The maximum Gasteiger partial charge on any atom is 0.0252 e. The Labute approximate surface area is 99.8 Å². The molecule has 3 rings (SSSR count). The first-order chi connectivity index (χ1) is 7.64. The van der Waals surface area contributed by atoms with Crippen molar-refractivity contribution in [1.29, 1.82) is 0 Å². The minimum absolute atomic E-state index is 0.328. The molecule has 2 aliphatic carbocycles. The molecular formula is C14H26N2. The molecule has 16 heavy (non-hydrogen) atoms. The zero-order chi connectivity index (χ0) is 11.2. The van der Waals surface area contributed by atoms with Crippen molar-refractivity contribution in [2.45, 2.75) is 57.5 Å². The SMILES string of the molecule is CC1(C)CN(CCC2CC2)C(C2CC2)CN1. The van der Waals surface area contributed by atoms with Gasteiger partial charge in [-0.05, 0) is 51.5 Å². The lowest BCUT2D eigenvalue weighted by atomic mass is 9.96. The van der Waals surface area contributed by atoms with Crippen LogP contribution in [0.25, 0.3) is 0 Å². The van der Waals surface area contributed by atoms with Gasteiger partial charge in [-0.15, -0.1) is 0 Å². The highest BCUT2D eigenvalue weighted by molar-refractivity contribution is 4.98. The molecular weight excluding hydrogens is 196 g/mol. The van der Waals surface area contributed by atoms with Gasteiger partial charge in [-0.2, -0.15) is 0 Å². The Kier molecular flexibility index (Phi) is 2.75. The van der Waals surface area contributed by atoms with Crippen LogP contribution >= 0.6 is 0 Å². The molecule has 1 unspecified atom stereocenters. The maximum absolute atomic E-state index is 3.72. The summed E-state index contributed by atoms with van der Waals surface area (Å²) in [6, 6.07) is 0.853. The zero-order valence-corrected chi connectivity index (χ0v) is 10.8. The van der Waals surface area contributed by atoms with Gasteiger partial charge in [0.25, 0.3) is 0 Å². The van der Waals surface area contributed by atoms with E-state index in [1.165, 1.54) is 51.7 Å². The average Bonchev–Trinajstić information content (AvgIpc) is 3.07. The van der Waals surface area contributed by atoms with E-state index in [1.807, 2.05) is 0 Å². The average molecular weight is 222 g/mol. The van der Waals surface area contributed by atoms with Gasteiger partial charge >= 0.3 is 0 Å². The first-order valence-corrected chi connectivity index (χ1v) is 7.13. The van der Waals surface area contributed by atoms with Crippen LogP contribution in [0.2, 0.25) is 0 Å². The van der Waals surface area contributed by atoms with Crippen molar-refractivity contribution in [1.82, 2.24) is 10.2 Å². The zero-order valence-electron chi connectivity index (χ0n) is 10.8. The highest BCUT2D eigenvalue weighted by Gasteiger charge is 2.41. The number of hydrogen-bond acceptors (Lipinski definition) is 2. The van der Waals surface area contributed by atoms with Crippen LogP contribution in [0.3, 0.4) is 0 Å². The highest BCUT2D eigenvalue weighted by atomic mass is 15.3. The molecule has 0 bridgehead atoms. The molecule has 2 nitrogen and oxygen atoms in total. The lowest BCUT2D eigenvalue weighted by Gasteiger charge is -2.45. The second-order valence-corrected chi connectivity index (χ2v) is 6.87. The third-order valence-corrected chi connectivity index (χ3v) is 4.54. The lowest BCUT2D eigenvalue weighted by Crippen LogP contribution is -2.62.